The van der Waals surface area contributed by atoms with Crippen LogP contribution in [-0.2, 0) is 0 Å². The number of aryl methyl sites for hydroxylation is 1. The summed E-state index contributed by atoms with van der Waals surface area (Å²) in [6.45, 7) is 1.72. The number of aromatic nitrogens is 1. The van der Waals surface area contributed by atoms with E-state index in [1.165, 1.54) is 17.4 Å². The predicted molar refractivity (Wildman–Crippen MR) is 95.7 cm³/mol. The minimum Gasteiger partial charge on any atom is -0.321 e. The summed E-state index contributed by atoms with van der Waals surface area (Å²) in [5, 5.41) is 3.10. The second-order valence-electron chi connectivity index (χ2n) is 5.38. The van der Waals surface area contributed by atoms with Crippen molar-refractivity contribution in [1.29, 1.82) is 0 Å². The summed E-state index contributed by atoms with van der Waals surface area (Å²) in [7, 11) is 1.86. The molecule has 3 rings (SSSR count). The summed E-state index contributed by atoms with van der Waals surface area (Å²) >= 11 is 1.21. The van der Waals surface area contributed by atoms with Gasteiger partial charge in [-0.3, -0.25) is 4.79 Å². The van der Waals surface area contributed by atoms with Gasteiger partial charge in [-0.1, -0.05) is 29.5 Å². The molecular weight excluding hydrogens is 344 g/mol. The minimum atomic E-state index is -0.822. The Morgan fingerprint density at radius 3 is 2.56 bits per heavy atom. The molecule has 1 heterocycles. The zero-order chi connectivity index (χ0) is 18.0. The van der Waals surface area contributed by atoms with Crippen molar-refractivity contribution >= 4 is 33.8 Å². The third-order valence-electron chi connectivity index (χ3n) is 3.60. The molecular formula is C18H15F2N3OS. The number of hydrogen-bond acceptors (Lipinski definition) is 4. The number of anilines is 3. The van der Waals surface area contributed by atoms with Gasteiger partial charge in [0, 0.05) is 18.8 Å². The fraction of sp³-hybridized carbons (Fsp3) is 0.111. The fourth-order valence-electron chi connectivity index (χ4n) is 2.27. The zero-order valence-corrected chi connectivity index (χ0v) is 14.4. The molecule has 0 bridgehead atoms. The molecule has 25 heavy (non-hydrogen) atoms. The van der Waals surface area contributed by atoms with Crippen LogP contribution in [0.1, 0.15) is 15.4 Å². The molecule has 0 spiro atoms. The molecule has 0 unspecified atom stereocenters. The summed E-state index contributed by atoms with van der Waals surface area (Å²) in [6.07, 6.45) is 0. The average molecular weight is 359 g/mol. The number of rotatable bonds is 4. The first kappa shape index (κ1) is 17.0. The van der Waals surface area contributed by atoms with Gasteiger partial charge in [-0.2, -0.15) is 0 Å². The quantitative estimate of drug-likeness (QED) is 0.731. The number of thiazole rings is 1. The number of nitrogens with zero attached hydrogens (tertiary/aromatic N) is 2. The highest BCUT2D eigenvalue weighted by Crippen LogP contribution is 2.31. The largest absolute Gasteiger partial charge is 0.321 e. The van der Waals surface area contributed by atoms with Gasteiger partial charge in [0.2, 0.25) is 0 Å². The summed E-state index contributed by atoms with van der Waals surface area (Å²) < 4.78 is 26.7. The van der Waals surface area contributed by atoms with Crippen LogP contribution in [0.25, 0.3) is 0 Å². The van der Waals surface area contributed by atoms with Crippen molar-refractivity contribution in [2.24, 2.45) is 0 Å². The molecule has 3 aromatic rings. The monoisotopic (exact) mass is 359 g/mol. The van der Waals surface area contributed by atoms with E-state index in [0.717, 1.165) is 17.8 Å². The summed E-state index contributed by atoms with van der Waals surface area (Å²) in [6, 6.07) is 12.6. The molecule has 0 aliphatic carbocycles. The topological polar surface area (TPSA) is 45.2 Å². The first-order valence-electron chi connectivity index (χ1n) is 7.48. The van der Waals surface area contributed by atoms with E-state index in [1.54, 1.807) is 6.92 Å². The van der Waals surface area contributed by atoms with Gasteiger partial charge in [0.05, 0.1) is 11.4 Å². The van der Waals surface area contributed by atoms with Crippen LogP contribution in [0.15, 0.2) is 48.5 Å². The molecule has 0 saturated carbocycles. The van der Waals surface area contributed by atoms with Gasteiger partial charge < -0.3 is 10.2 Å². The normalized spacial score (nSPS) is 10.6. The number of para-hydroxylation sites is 1. The maximum Gasteiger partial charge on any atom is 0.267 e. The number of carbonyl (C=O) groups excluding carboxylic acids is 1. The van der Waals surface area contributed by atoms with Crippen molar-refractivity contribution in [2.75, 3.05) is 17.3 Å². The van der Waals surface area contributed by atoms with Crippen LogP contribution >= 0.6 is 11.3 Å². The zero-order valence-electron chi connectivity index (χ0n) is 13.6. The lowest BCUT2D eigenvalue weighted by Gasteiger charge is -2.15. The van der Waals surface area contributed by atoms with E-state index in [-0.39, 0.29) is 5.69 Å². The van der Waals surface area contributed by atoms with Gasteiger partial charge in [-0.15, -0.1) is 0 Å². The molecule has 0 aliphatic rings. The van der Waals surface area contributed by atoms with Gasteiger partial charge >= 0.3 is 0 Å². The van der Waals surface area contributed by atoms with Crippen molar-refractivity contribution in [3.8, 4) is 0 Å². The van der Waals surface area contributed by atoms with Crippen LogP contribution in [0.5, 0.6) is 0 Å². The predicted octanol–water partition coefficient (Wildman–Crippen LogP) is 4.75. The Labute approximate surface area is 147 Å². The molecule has 2 aromatic carbocycles. The van der Waals surface area contributed by atoms with Crippen LogP contribution < -0.4 is 10.2 Å². The second-order valence-corrected chi connectivity index (χ2v) is 6.36. The number of nitrogens with one attached hydrogen (secondary N) is 1. The Bertz CT molecular complexity index is 912. The minimum absolute atomic E-state index is 0.0721. The Balaban J connectivity index is 1.83. The molecule has 0 aliphatic heterocycles. The molecule has 1 aromatic heterocycles. The first-order chi connectivity index (χ1) is 12.0. The van der Waals surface area contributed by atoms with Crippen LogP contribution in [-0.4, -0.2) is 17.9 Å². The molecule has 1 N–H and O–H groups in total. The fourth-order valence-corrected chi connectivity index (χ4v) is 3.21. The molecule has 0 radical (unpaired) electrons. The number of benzene rings is 2. The van der Waals surface area contributed by atoms with E-state index < -0.39 is 17.5 Å². The number of hydrogen-bond donors (Lipinski definition) is 1. The standard InChI is InChI=1S/C18H15F2N3OS/c1-11-16(17(24)22-15-9-8-12(19)10-14(15)20)25-18(21-11)23(2)13-6-4-3-5-7-13/h3-10H,1-2H3,(H,22,24). The van der Waals surface area contributed by atoms with Gasteiger partial charge in [0.15, 0.2) is 5.13 Å². The van der Waals surface area contributed by atoms with E-state index in [1.807, 2.05) is 42.3 Å². The van der Waals surface area contributed by atoms with Crippen molar-refractivity contribution in [3.63, 3.8) is 0 Å². The van der Waals surface area contributed by atoms with Gasteiger partial charge in [0.25, 0.3) is 5.91 Å². The Morgan fingerprint density at radius 2 is 1.88 bits per heavy atom. The highest BCUT2D eigenvalue weighted by atomic mass is 32.1. The van der Waals surface area contributed by atoms with E-state index in [0.29, 0.717) is 15.7 Å². The lowest BCUT2D eigenvalue weighted by Crippen LogP contribution is -2.12. The Kier molecular flexibility index (Phi) is 4.76. The number of amides is 1. The van der Waals surface area contributed by atoms with Crippen LogP contribution in [0.3, 0.4) is 0 Å². The molecule has 7 heteroatoms. The molecule has 4 nitrogen and oxygen atoms in total. The molecule has 1 amide bonds. The van der Waals surface area contributed by atoms with Gasteiger partial charge in [-0.25, -0.2) is 13.8 Å². The lowest BCUT2D eigenvalue weighted by atomic mass is 10.3. The van der Waals surface area contributed by atoms with Crippen molar-refractivity contribution in [3.05, 3.63) is 70.7 Å². The molecule has 0 atom stereocenters. The molecule has 0 fully saturated rings. The first-order valence-corrected chi connectivity index (χ1v) is 8.30. The van der Waals surface area contributed by atoms with Gasteiger partial charge in [0.1, 0.15) is 16.5 Å². The summed E-state index contributed by atoms with van der Waals surface area (Å²) in [4.78, 5) is 19.1. The van der Waals surface area contributed by atoms with E-state index >= 15 is 0 Å². The molecule has 128 valence electrons. The third-order valence-corrected chi connectivity index (χ3v) is 4.83. The van der Waals surface area contributed by atoms with E-state index in [9.17, 15) is 13.6 Å². The number of halogens is 2. The highest BCUT2D eigenvalue weighted by molar-refractivity contribution is 7.17. The maximum atomic E-state index is 13.7. The van der Waals surface area contributed by atoms with Crippen molar-refractivity contribution < 1.29 is 13.6 Å². The average Bonchev–Trinajstić information content (AvgIpc) is 2.99. The van der Waals surface area contributed by atoms with Crippen LogP contribution in [0.4, 0.5) is 25.3 Å². The van der Waals surface area contributed by atoms with Crippen LogP contribution in [0, 0.1) is 18.6 Å². The van der Waals surface area contributed by atoms with Crippen molar-refractivity contribution in [1.82, 2.24) is 4.98 Å². The van der Waals surface area contributed by atoms with Crippen LogP contribution in [0.2, 0.25) is 0 Å². The van der Waals surface area contributed by atoms with Crippen molar-refractivity contribution in [2.45, 2.75) is 6.92 Å². The highest BCUT2D eigenvalue weighted by Gasteiger charge is 2.19. The van der Waals surface area contributed by atoms with E-state index in [4.69, 9.17) is 0 Å². The second kappa shape index (κ2) is 6.98. The summed E-state index contributed by atoms with van der Waals surface area (Å²) in [5.74, 6) is -2.00. The lowest BCUT2D eigenvalue weighted by molar-refractivity contribution is 0.102. The number of carbonyl (C=O) groups is 1. The molecule has 0 saturated heterocycles. The Hall–Kier alpha value is -2.80. The Morgan fingerprint density at radius 1 is 1.16 bits per heavy atom. The maximum absolute atomic E-state index is 13.7. The van der Waals surface area contributed by atoms with Gasteiger partial charge in [-0.05, 0) is 31.2 Å². The van der Waals surface area contributed by atoms with E-state index in [2.05, 4.69) is 10.3 Å². The summed E-state index contributed by atoms with van der Waals surface area (Å²) in [5.41, 5.74) is 1.41. The third kappa shape index (κ3) is 3.66. The smallest absolute Gasteiger partial charge is 0.267 e. The SMILES string of the molecule is Cc1nc(N(C)c2ccccc2)sc1C(=O)Nc1ccc(F)cc1F.